The first-order valence-corrected chi connectivity index (χ1v) is 14.0. The van der Waals surface area contributed by atoms with Gasteiger partial charge in [-0.1, -0.05) is 97.1 Å². The van der Waals surface area contributed by atoms with Crippen molar-refractivity contribution in [3.8, 4) is 5.75 Å². The van der Waals surface area contributed by atoms with Gasteiger partial charge in [0.25, 0.3) is 5.82 Å². The number of rotatable bonds is 7. The summed E-state index contributed by atoms with van der Waals surface area (Å²) in [6.45, 7) is 1.55. The Kier molecular flexibility index (Phi) is 7.89. The van der Waals surface area contributed by atoms with Crippen LogP contribution in [0.15, 0.2) is 133 Å². The molecule has 3 nitrogen and oxygen atoms in total. The molecule has 7 rings (SSSR count). The van der Waals surface area contributed by atoms with Gasteiger partial charge in [-0.15, -0.1) is 0 Å². The zero-order valence-corrected chi connectivity index (χ0v) is 25.0. The zero-order valence-electron chi connectivity index (χ0n) is 23.5. The molecule has 0 bridgehead atoms. The second-order valence-electron chi connectivity index (χ2n) is 10.5. The Morgan fingerprint density at radius 1 is 0.619 bits per heavy atom. The third-order valence-electron chi connectivity index (χ3n) is 7.87. The number of para-hydroxylation sites is 2. The fourth-order valence-corrected chi connectivity index (χ4v) is 5.75. The van der Waals surface area contributed by atoms with Crippen molar-refractivity contribution in [2.75, 3.05) is 7.11 Å². The minimum absolute atomic E-state index is 0. The summed E-state index contributed by atoms with van der Waals surface area (Å²) in [4.78, 5) is 0. The van der Waals surface area contributed by atoms with Crippen LogP contribution in [0.2, 0.25) is 0 Å². The van der Waals surface area contributed by atoms with Crippen molar-refractivity contribution >= 4 is 44.7 Å². The summed E-state index contributed by atoms with van der Waals surface area (Å²) in [5, 5.41) is 5.06. The highest BCUT2D eigenvalue weighted by Gasteiger charge is 2.23. The maximum absolute atomic E-state index is 5.37. The summed E-state index contributed by atoms with van der Waals surface area (Å²) in [6, 6.07) is 47.7. The van der Waals surface area contributed by atoms with Crippen LogP contribution in [-0.4, -0.2) is 11.7 Å². The SMILES string of the molecule is COc1ccc(/C=C/c2n(Cc3ccc4ccccc4c3)c3ccccc3[n+]2Cc2ccc3ccccc3c2)cc1.[Br-]. The van der Waals surface area contributed by atoms with Gasteiger partial charge in [0.2, 0.25) is 0 Å². The van der Waals surface area contributed by atoms with Gasteiger partial charge in [0.15, 0.2) is 11.0 Å². The van der Waals surface area contributed by atoms with Gasteiger partial charge in [-0.05, 0) is 80.7 Å². The van der Waals surface area contributed by atoms with Gasteiger partial charge in [-0.2, -0.15) is 0 Å². The van der Waals surface area contributed by atoms with E-state index >= 15 is 0 Å². The molecule has 1 aromatic heterocycles. The van der Waals surface area contributed by atoms with E-state index in [0.29, 0.717) is 0 Å². The molecule has 0 radical (unpaired) electrons. The Morgan fingerprint density at radius 2 is 1.21 bits per heavy atom. The lowest BCUT2D eigenvalue weighted by Crippen LogP contribution is -3.00. The largest absolute Gasteiger partial charge is 1.00 e. The minimum Gasteiger partial charge on any atom is -1.00 e. The van der Waals surface area contributed by atoms with E-state index in [9.17, 15) is 0 Å². The van der Waals surface area contributed by atoms with Gasteiger partial charge in [-0.3, -0.25) is 0 Å². The Hall–Kier alpha value is -4.67. The van der Waals surface area contributed by atoms with Gasteiger partial charge >= 0.3 is 0 Å². The van der Waals surface area contributed by atoms with Crippen molar-refractivity contribution in [3.05, 3.63) is 156 Å². The fourth-order valence-electron chi connectivity index (χ4n) is 5.75. The summed E-state index contributed by atoms with van der Waals surface area (Å²) in [5.74, 6) is 2.02. The van der Waals surface area contributed by atoms with E-state index < -0.39 is 0 Å². The van der Waals surface area contributed by atoms with Crippen LogP contribution in [-0.2, 0) is 13.1 Å². The summed E-state index contributed by atoms with van der Waals surface area (Å²) in [5.41, 5.74) is 6.13. The molecule has 7 aromatic rings. The molecule has 0 aliphatic carbocycles. The molecule has 0 unspecified atom stereocenters. The van der Waals surface area contributed by atoms with Crippen LogP contribution < -0.4 is 26.3 Å². The standard InChI is InChI=1S/C38H31N2O.BrH/c1-41-35-21-16-28(17-22-35)18-23-38-39(26-29-14-19-31-8-2-4-10-33(31)24-29)36-12-6-7-13-37(36)40(38)27-30-15-20-32-9-3-5-11-34(32)25-30;/h2-25H,26-27H2,1H3;1H/q+1;/p-1/b23-18+;. The first kappa shape index (κ1) is 27.5. The summed E-state index contributed by atoms with van der Waals surface area (Å²) in [6.07, 6.45) is 4.45. The lowest BCUT2D eigenvalue weighted by molar-refractivity contribution is -0.665. The first-order chi connectivity index (χ1) is 20.2. The van der Waals surface area contributed by atoms with Crippen LogP contribution >= 0.6 is 0 Å². The molecule has 1 heterocycles. The molecule has 0 aliphatic rings. The first-order valence-electron chi connectivity index (χ1n) is 14.0. The van der Waals surface area contributed by atoms with E-state index in [1.54, 1.807) is 7.11 Å². The topological polar surface area (TPSA) is 18.0 Å². The molecule has 4 heteroatoms. The number of methoxy groups -OCH3 is 1. The average Bonchev–Trinajstić information content (AvgIpc) is 3.31. The zero-order chi connectivity index (χ0) is 27.6. The van der Waals surface area contributed by atoms with Crippen LogP contribution in [0.4, 0.5) is 0 Å². The third-order valence-corrected chi connectivity index (χ3v) is 7.87. The number of halogens is 1. The molecule has 0 amide bonds. The number of hydrogen-bond acceptors (Lipinski definition) is 1. The monoisotopic (exact) mass is 610 g/mol. The summed E-state index contributed by atoms with van der Waals surface area (Å²) >= 11 is 0. The summed E-state index contributed by atoms with van der Waals surface area (Å²) in [7, 11) is 1.70. The van der Waals surface area contributed by atoms with E-state index in [1.807, 2.05) is 12.1 Å². The second-order valence-corrected chi connectivity index (χ2v) is 10.5. The predicted molar refractivity (Wildman–Crippen MR) is 170 cm³/mol. The number of fused-ring (bicyclic) bond motifs is 3. The molecule has 0 saturated carbocycles. The molecular weight excluding hydrogens is 580 g/mol. The highest BCUT2D eigenvalue weighted by molar-refractivity contribution is 5.84. The quantitative estimate of drug-likeness (QED) is 0.218. The van der Waals surface area contributed by atoms with E-state index in [1.165, 1.54) is 43.7 Å². The molecular formula is C38H31BrN2O. The van der Waals surface area contributed by atoms with Crippen LogP contribution in [0.3, 0.4) is 0 Å². The predicted octanol–water partition coefficient (Wildman–Crippen LogP) is 5.51. The van der Waals surface area contributed by atoms with Crippen molar-refractivity contribution < 1.29 is 26.3 Å². The Balaban J connectivity index is 0.00000316. The number of aromatic nitrogens is 2. The van der Waals surface area contributed by atoms with E-state index in [4.69, 9.17) is 4.74 Å². The highest BCUT2D eigenvalue weighted by Crippen LogP contribution is 2.23. The number of nitrogens with zero attached hydrogens (tertiary/aromatic N) is 2. The van der Waals surface area contributed by atoms with Crippen molar-refractivity contribution in [1.82, 2.24) is 4.57 Å². The maximum Gasteiger partial charge on any atom is 0.283 e. The third kappa shape index (κ3) is 5.46. The van der Waals surface area contributed by atoms with Gasteiger partial charge < -0.3 is 21.7 Å². The number of benzene rings is 6. The molecule has 0 fully saturated rings. The van der Waals surface area contributed by atoms with Crippen molar-refractivity contribution in [2.24, 2.45) is 0 Å². The minimum atomic E-state index is 0. The molecule has 0 saturated heterocycles. The molecule has 0 atom stereocenters. The Morgan fingerprint density at radius 3 is 1.90 bits per heavy atom. The lowest BCUT2D eigenvalue weighted by Gasteiger charge is -2.06. The van der Waals surface area contributed by atoms with Gasteiger partial charge in [-0.25, -0.2) is 9.13 Å². The fraction of sp³-hybridized carbons (Fsp3) is 0.0789. The lowest BCUT2D eigenvalue weighted by atomic mass is 10.1. The smallest absolute Gasteiger partial charge is 0.283 e. The van der Waals surface area contributed by atoms with E-state index in [-0.39, 0.29) is 17.0 Å². The molecule has 0 N–H and O–H groups in total. The van der Waals surface area contributed by atoms with E-state index in [0.717, 1.165) is 30.2 Å². The van der Waals surface area contributed by atoms with Crippen LogP contribution in [0.1, 0.15) is 22.5 Å². The number of imidazole rings is 1. The average molecular weight is 612 g/mol. The second kappa shape index (κ2) is 12.1. The van der Waals surface area contributed by atoms with Crippen LogP contribution in [0.5, 0.6) is 5.75 Å². The van der Waals surface area contributed by atoms with Gasteiger partial charge in [0, 0.05) is 6.08 Å². The maximum atomic E-state index is 5.37. The number of hydrogen-bond donors (Lipinski definition) is 0. The molecule has 42 heavy (non-hydrogen) atoms. The normalized spacial score (nSPS) is 11.4. The van der Waals surface area contributed by atoms with Crippen LogP contribution in [0.25, 0.3) is 44.7 Å². The van der Waals surface area contributed by atoms with Crippen molar-refractivity contribution in [1.29, 1.82) is 0 Å². The van der Waals surface area contributed by atoms with E-state index in [2.05, 4.69) is 143 Å². The Bertz CT molecular complexity index is 1920. The Labute approximate surface area is 256 Å². The van der Waals surface area contributed by atoms with Crippen molar-refractivity contribution in [2.45, 2.75) is 13.1 Å². The van der Waals surface area contributed by atoms with Gasteiger partial charge in [0.05, 0.1) is 7.11 Å². The van der Waals surface area contributed by atoms with Gasteiger partial charge in [0.1, 0.15) is 18.8 Å². The molecule has 0 spiro atoms. The highest BCUT2D eigenvalue weighted by atomic mass is 79.9. The molecule has 6 aromatic carbocycles. The van der Waals surface area contributed by atoms with Crippen LogP contribution in [0, 0.1) is 0 Å². The molecule has 0 aliphatic heterocycles. The summed E-state index contributed by atoms with van der Waals surface area (Å²) < 4.78 is 10.3. The molecule has 206 valence electrons. The van der Waals surface area contributed by atoms with Crippen molar-refractivity contribution in [3.63, 3.8) is 0 Å². The number of ether oxygens (including phenoxy) is 1.